The van der Waals surface area contributed by atoms with Gasteiger partial charge in [-0.05, 0) is 36.7 Å². The van der Waals surface area contributed by atoms with Gasteiger partial charge in [0.1, 0.15) is 0 Å². The summed E-state index contributed by atoms with van der Waals surface area (Å²) in [4.78, 5) is 15.7. The molecular weight excluding hydrogens is 376 g/mol. The van der Waals surface area contributed by atoms with E-state index in [1.165, 1.54) is 0 Å². The minimum absolute atomic E-state index is 0.0709. The molecule has 2 heterocycles. The lowest BCUT2D eigenvalue weighted by molar-refractivity contribution is -0.131. The number of benzene rings is 1. The van der Waals surface area contributed by atoms with Crippen LogP contribution in [0, 0.1) is 11.7 Å². The van der Waals surface area contributed by atoms with Crippen molar-refractivity contribution < 1.29 is 4.79 Å². The Hall–Kier alpha value is -2.51. The molecule has 0 saturated heterocycles. The van der Waals surface area contributed by atoms with Crippen LogP contribution < -0.4 is 0 Å². The van der Waals surface area contributed by atoms with E-state index < -0.39 is 0 Å². The highest BCUT2D eigenvalue weighted by molar-refractivity contribution is 7.71. The average molecular weight is 399 g/mol. The van der Waals surface area contributed by atoms with Crippen LogP contribution in [0.2, 0.25) is 0 Å². The summed E-state index contributed by atoms with van der Waals surface area (Å²) in [6.07, 6.45) is 2.11. The number of nitrogens with zero attached hydrogens (tertiary/aromatic N) is 3. The molecule has 0 bridgehead atoms. The van der Waals surface area contributed by atoms with Crippen molar-refractivity contribution in [2.45, 2.75) is 26.4 Å². The maximum atomic E-state index is 12.8. The second kappa shape index (κ2) is 8.92. The van der Waals surface area contributed by atoms with Crippen molar-refractivity contribution in [1.29, 1.82) is 0 Å². The Kier molecular flexibility index (Phi) is 6.36. The minimum atomic E-state index is 0.0709. The van der Waals surface area contributed by atoms with E-state index in [1.807, 2.05) is 52.1 Å². The summed E-state index contributed by atoms with van der Waals surface area (Å²) < 4.78 is 2.41. The van der Waals surface area contributed by atoms with Gasteiger partial charge in [0, 0.05) is 30.0 Å². The number of nitrogens with one attached hydrogen (secondary N) is 1. The lowest BCUT2D eigenvalue weighted by atomic mass is 10.1. The molecule has 0 atom stereocenters. The van der Waals surface area contributed by atoms with Gasteiger partial charge in [-0.1, -0.05) is 35.9 Å². The first kappa shape index (κ1) is 19.3. The van der Waals surface area contributed by atoms with Gasteiger partial charge in [0.15, 0.2) is 10.6 Å². The lowest BCUT2D eigenvalue weighted by Crippen LogP contribution is -2.31. The summed E-state index contributed by atoms with van der Waals surface area (Å²) in [5.41, 5.74) is 2.13. The van der Waals surface area contributed by atoms with Crippen LogP contribution in [0.1, 0.15) is 16.9 Å². The molecule has 0 radical (unpaired) electrons. The van der Waals surface area contributed by atoms with E-state index in [0.717, 1.165) is 21.8 Å². The first-order valence-electron chi connectivity index (χ1n) is 8.72. The highest BCUT2D eigenvalue weighted by atomic mass is 32.1. The number of aromatic nitrogens is 3. The molecule has 7 heteroatoms. The van der Waals surface area contributed by atoms with Crippen LogP contribution in [0.15, 0.2) is 54.4 Å². The normalized spacial score (nSPS) is 10.7. The molecule has 0 spiro atoms. The fraction of sp³-hybridized carbons (Fsp3) is 0.250. The first-order valence-corrected chi connectivity index (χ1v) is 10.0. The highest BCUT2D eigenvalue weighted by Gasteiger charge is 2.15. The zero-order valence-electron chi connectivity index (χ0n) is 15.2. The SMILES string of the molecule is C=CCN(Cc1cccs1)C(=O)CCn1c(-c2cccc(C)c2)n[nH]c1=S. The first-order chi connectivity index (χ1) is 13.1. The van der Waals surface area contributed by atoms with E-state index in [0.29, 0.717) is 30.8 Å². The lowest BCUT2D eigenvalue weighted by Gasteiger charge is -2.20. The van der Waals surface area contributed by atoms with Crippen LogP contribution in [0.3, 0.4) is 0 Å². The second-order valence-corrected chi connectivity index (χ2v) is 7.68. The van der Waals surface area contributed by atoms with Gasteiger partial charge in [0.05, 0.1) is 6.54 Å². The summed E-state index contributed by atoms with van der Waals surface area (Å²) in [5, 5.41) is 9.22. The number of aryl methyl sites for hydroxylation is 1. The molecule has 27 heavy (non-hydrogen) atoms. The molecule has 5 nitrogen and oxygen atoms in total. The van der Waals surface area contributed by atoms with E-state index in [9.17, 15) is 4.79 Å². The van der Waals surface area contributed by atoms with Crippen LogP contribution in [-0.4, -0.2) is 32.1 Å². The summed E-state index contributed by atoms with van der Waals surface area (Å²) in [5.74, 6) is 0.826. The predicted molar refractivity (Wildman–Crippen MR) is 112 cm³/mol. The maximum absolute atomic E-state index is 12.8. The number of hydrogen-bond donors (Lipinski definition) is 1. The van der Waals surface area contributed by atoms with Crippen molar-refractivity contribution in [1.82, 2.24) is 19.7 Å². The van der Waals surface area contributed by atoms with Crippen molar-refractivity contribution in [3.05, 3.63) is 69.6 Å². The Morgan fingerprint density at radius 1 is 1.41 bits per heavy atom. The van der Waals surface area contributed by atoms with Gasteiger partial charge < -0.3 is 4.90 Å². The fourth-order valence-electron chi connectivity index (χ4n) is 2.90. The number of amides is 1. The van der Waals surface area contributed by atoms with E-state index >= 15 is 0 Å². The molecule has 0 aliphatic carbocycles. The zero-order valence-corrected chi connectivity index (χ0v) is 16.9. The van der Waals surface area contributed by atoms with Crippen molar-refractivity contribution >= 4 is 29.5 Å². The molecule has 1 N–H and O–H groups in total. The zero-order chi connectivity index (χ0) is 19.2. The van der Waals surface area contributed by atoms with E-state index in [4.69, 9.17) is 12.2 Å². The van der Waals surface area contributed by atoms with E-state index in [-0.39, 0.29) is 5.91 Å². The summed E-state index contributed by atoms with van der Waals surface area (Å²) in [7, 11) is 0. The number of thiophene rings is 1. The largest absolute Gasteiger partial charge is 0.334 e. The molecular formula is C20H22N4OS2. The Labute approximate surface area is 168 Å². The number of hydrogen-bond acceptors (Lipinski definition) is 4. The van der Waals surface area contributed by atoms with Crippen LogP contribution in [0.4, 0.5) is 0 Å². The molecule has 0 aliphatic heterocycles. The standard InChI is InChI=1S/C20H22N4OS2/c1-3-10-23(14-17-8-5-12-27-17)18(25)9-11-24-19(21-22-20(24)26)16-7-4-6-15(2)13-16/h3-8,12-13H,1,9-11,14H2,2H3,(H,22,26). The second-order valence-electron chi connectivity index (χ2n) is 6.27. The molecule has 1 amide bonds. The van der Waals surface area contributed by atoms with Crippen molar-refractivity contribution in [2.24, 2.45) is 0 Å². The van der Waals surface area contributed by atoms with Crippen molar-refractivity contribution in [3.8, 4) is 11.4 Å². The highest BCUT2D eigenvalue weighted by Crippen LogP contribution is 2.19. The van der Waals surface area contributed by atoms with Gasteiger partial charge in [-0.25, -0.2) is 0 Å². The molecule has 0 unspecified atom stereocenters. The van der Waals surface area contributed by atoms with Gasteiger partial charge in [-0.3, -0.25) is 14.5 Å². The van der Waals surface area contributed by atoms with Crippen LogP contribution in [0.25, 0.3) is 11.4 Å². The maximum Gasteiger partial charge on any atom is 0.224 e. The van der Waals surface area contributed by atoms with Crippen LogP contribution >= 0.6 is 23.6 Å². The third-order valence-electron chi connectivity index (χ3n) is 4.21. The monoisotopic (exact) mass is 398 g/mol. The number of rotatable bonds is 8. The summed E-state index contributed by atoms with van der Waals surface area (Å²) in [6, 6.07) is 12.1. The number of aromatic amines is 1. The smallest absolute Gasteiger partial charge is 0.224 e. The molecule has 3 rings (SSSR count). The number of carbonyl (C=O) groups excluding carboxylic acids is 1. The minimum Gasteiger partial charge on any atom is -0.334 e. The fourth-order valence-corrected chi connectivity index (χ4v) is 3.84. The van der Waals surface area contributed by atoms with Gasteiger partial charge in [0.2, 0.25) is 5.91 Å². The third-order valence-corrected chi connectivity index (χ3v) is 5.39. The third kappa shape index (κ3) is 4.81. The Morgan fingerprint density at radius 3 is 2.96 bits per heavy atom. The van der Waals surface area contributed by atoms with Gasteiger partial charge in [-0.2, -0.15) is 5.10 Å². The van der Waals surface area contributed by atoms with Crippen LogP contribution in [0.5, 0.6) is 0 Å². The van der Waals surface area contributed by atoms with Gasteiger partial charge in [-0.15, -0.1) is 17.9 Å². The molecule has 0 saturated carbocycles. The molecule has 1 aromatic carbocycles. The van der Waals surface area contributed by atoms with E-state index in [2.05, 4.69) is 22.8 Å². The predicted octanol–water partition coefficient (Wildman–Crippen LogP) is 4.58. The molecule has 3 aromatic rings. The van der Waals surface area contributed by atoms with Crippen LogP contribution in [-0.2, 0) is 17.9 Å². The summed E-state index contributed by atoms with van der Waals surface area (Å²) in [6.45, 7) is 7.42. The molecule has 0 fully saturated rings. The van der Waals surface area contributed by atoms with Crippen molar-refractivity contribution in [3.63, 3.8) is 0 Å². The molecule has 2 aromatic heterocycles. The van der Waals surface area contributed by atoms with Gasteiger partial charge >= 0.3 is 0 Å². The summed E-state index contributed by atoms with van der Waals surface area (Å²) >= 11 is 7.02. The quantitative estimate of drug-likeness (QED) is 0.446. The number of carbonyl (C=O) groups is 1. The molecule has 0 aliphatic rings. The topological polar surface area (TPSA) is 53.9 Å². The number of H-pyrrole nitrogens is 1. The Balaban J connectivity index is 1.74. The van der Waals surface area contributed by atoms with E-state index in [1.54, 1.807) is 17.4 Å². The Bertz CT molecular complexity index is 972. The average Bonchev–Trinajstić information content (AvgIpc) is 3.29. The molecule has 140 valence electrons. The van der Waals surface area contributed by atoms with Crippen molar-refractivity contribution in [2.75, 3.05) is 6.54 Å². The Morgan fingerprint density at radius 2 is 2.26 bits per heavy atom. The van der Waals surface area contributed by atoms with Gasteiger partial charge in [0.25, 0.3) is 0 Å².